The first-order valence-electron chi connectivity index (χ1n) is 4.86. The van der Waals surface area contributed by atoms with Crippen LogP contribution in [0.15, 0.2) is 28.9 Å². The molecular weight excluding hydrogens is 324 g/mol. The number of thiazole rings is 1. The van der Waals surface area contributed by atoms with Crippen LogP contribution >= 0.6 is 38.9 Å². The third kappa shape index (κ3) is 3.34. The molecule has 0 saturated heterocycles. The Morgan fingerprint density at radius 2 is 2.35 bits per heavy atom. The molecule has 0 unspecified atom stereocenters. The number of benzene rings is 1. The molecule has 0 spiro atoms. The van der Waals surface area contributed by atoms with Gasteiger partial charge in [0, 0.05) is 21.6 Å². The van der Waals surface area contributed by atoms with Crippen LogP contribution in [-0.2, 0) is 6.54 Å². The predicted octanol–water partition coefficient (Wildman–Crippen LogP) is 4.18. The fourth-order valence-electron chi connectivity index (χ4n) is 1.31. The van der Waals surface area contributed by atoms with E-state index in [1.165, 1.54) is 11.3 Å². The lowest BCUT2D eigenvalue weighted by atomic mass is 10.3. The Labute approximate surface area is 117 Å². The van der Waals surface area contributed by atoms with Crippen molar-refractivity contribution in [3.8, 4) is 5.75 Å². The topological polar surface area (TPSA) is 34.1 Å². The molecule has 0 fully saturated rings. The third-order valence-corrected chi connectivity index (χ3v) is 3.96. The average Bonchev–Trinajstić information content (AvgIpc) is 2.74. The molecule has 0 bridgehead atoms. The summed E-state index contributed by atoms with van der Waals surface area (Å²) in [5.41, 5.74) is 0.980. The molecule has 0 amide bonds. The Morgan fingerprint density at radius 1 is 1.53 bits per heavy atom. The second kappa shape index (κ2) is 5.71. The Morgan fingerprint density at radius 3 is 3.00 bits per heavy atom. The summed E-state index contributed by atoms with van der Waals surface area (Å²) in [5, 5.41) is 3.30. The largest absolute Gasteiger partial charge is 0.497 e. The van der Waals surface area contributed by atoms with E-state index in [2.05, 4.69) is 26.2 Å². The molecule has 3 nitrogen and oxygen atoms in total. The van der Waals surface area contributed by atoms with Crippen molar-refractivity contribution in [3.05, 3.63) is 38.2 Å². The van der Waals surface area contributed by atoms with Crippen molar-refractivity contribution in [2.45, 2.75) is 6.54 Å². The lowest BCUT2D eigenvalue weighted by Gasteiger charge is -2.09. The molecule has 0 aliphatic heterocycles. The average molecular weight is 334 g/mol. The lowest BCUT2D eigenvalue weighted by molar-refractivity contribution is 0.415. The number of nitrogens with one attached hydrogen (secondary N) is 1. The summed E-state index contributed by atoms with van der Waals surface area (Å²) >= 11 is 10.7. The summed E-state index contributed by atoms with van der Waals surface area (Å²) in [4.78, 5) is 5.08. The Bertz CT molecular complexity index is 518. The fourth-order valence-corrected chi connectivity index (χ4v) is 2.62. The SMILES string of the molecule is COc1ccc(Br)c(NCc2cnc(Cl)s2)c1. The number of rotatable bonds is 4. The minimum atomic E-state index is 0.562. The zero-order valence-electron chi connectivity index (χ0n) is 9.04. The van der Waals surface area contributed by atoms with E-state index in [4.69, 9.17) is 16.3 Å². The maximum atomic E-state index is 5.77. The minimum absolute atomic E-state index is 0.562. The smallest absolute Gasteiger partial charge is 0.183 e. The van der Waals surface area contributed by atoms with Gasteiger partial charge in [-0.3, -0.25) is 0 Å². The van der Waals surface area contributed by atoms with Gasteiger partial charge >= 0.3 is 0 Å². The van der Waals surface area contributed by atoms with Crippen molar-refractivity contribution < 1.29 is 4.74 Å². The second-order valence-corrected chi connectivity index (χ2v) is 5.83. The van der Waals surface area contributed by atoms with E-state index in [-0.39, 0.29) is 0 Å². The quantitative estimate of drug-likeness (QED) is 0.911. The van der Waals surface area contributed by atoms with Gasteiger partial charge in [0.25, 0.3) is 0 Å². The van der Waals surface area contributed by atoms with E-state index in [1.54, 1.807) is 13.3 Å². The highest BCUT2D eigenvalue weighted by atomic mass is 79.9. The third-order valence-electron chi connectivity index (χ3n) is 2.15. The highest BCUT2D eigenvalue weighted by Gasteiger charge is 2.03. The molecule has 1 N–H and O–H groups in total. The molecule has 1 aromatic carbocycles. The van der Waals surface area contributed by atoms with Crippen LogP contribution in [0.4, 0.5) is 5.69 Å². The Kier molecular flexibility index (Phi) is 4.25. The fraction of sp³-hybridized carbons (Fsp3) is 0.182. The Hall–Kier alpha value is -0.780. The monoisotopic (exact) mass is 332 g/mol. The number of halogens is 2. The van der Waals surface area contributed by atoms with Gasteiger partial charge in [-0.2, -0.15) is 0 Å². The van der Waals surface area contributed by atoms with Crippen LogP contribution in [0.1, 0.15) is 4.88 Å². The van der Waals surface area contributed by atoms with Crippen LogP contribution in [-0.4, -0.2) is 12.1 Å². The van der Waals surface area contributed by atoms with Gasteiger partial charge in [0.15, 0.2) is 4.47 Å². The van der Waals surface area contributed by atoms with Gasteiger partial charge in [0.1, 0.15) is 5.75 Å². The highest BCUT2D eigenvalue weighted by Crippen LogP contribution is 2.28. The van der Waals surface area contributed by atoms with Crippen LogP contribution in [0, 0.1) is 0 Å². The van der Waals surface area contributed by atoms with Crippen molar-refractivity contribution in [1.82, 2.24) is 4.98 Å². The van der Waals surface area contributed by atoms with Gasteiger partial charge < -0.3 is 10.1 Å². The summed E-state index contributed by atoms with van der Waals surface area (Å²) in [6.07, 6.45) is 1.77. The molecule has 0 saturated carbocycles. The number of aromatic nitrogens is 1. The number of ether oxygens (including phenoxy) is 1. The van der Waals surface area contributed by atoms with E-state index in [1.807, 2.05) is 18.2 Å². The van der Waals surface area contributed by atoms with E-state index in [0.29, 0.717) is 11.0 Å². The van der Waals surface area contributed by atoms with E-state index < -0.39 is 0 Å². The van der Waals surface area contributed by atoms with Gasteiger partial charge in [-0.15, -0.1) is 11.3 Å². The molecule has 0 aliphatic rings. The van der Waals surface area contributed by atoms with Gasteiger partial charge in [-0.25, -0.2) is 4.98 Å². The molecule has 0 atom stereocenters. The first-order chi connectivity index (χ1) is 8.19. The van der Waals surface area contributed by atoms with Gasteiger partial charge in [0.2, 0.25) is 0 Å². The first-order valence-corrected chi connectivity index (χ1v) is 6.85. The molecule has 1 heterocycles. The van der Waals surface area contributed by atoms with Crippen molar-refractivity contribution in [2.75, 3.05) is 12.4 Å². The molecular formula is C11H10BrClN2OS. The van der Waals surface area contributed by atoms with Crippen LogP contribution in [0.2, 0.25) is 4.47 Å². The second-order valence-electron chi connectivity index (χ2n) is 3.28. The molecule has 2 rings (SSSR count). The zero-order chi connectivity index (χ0) is 12.3. The molecule has 0 aliphatic carbocycles. The zero-order valence-corrected chi connectivity index (χ0v) is 12.2. The van der Waals surface area contributed by atoms with Crippen LogP contribution in [0.25, 0.3) is 0 Å². The molecule has 1 aromatic heterocycles. The Balaban J connectivity index is 2.07. The van der Waals surface area contributed by atoms with E-state index in [9.17, 15) is 0 Å². The molecule has 17 heavy (non-hydrogen) atoms. The molecule has 6 heteroatoms. The van der Waals surface area contributed by atoms with E-state index in [0.717, 1.165) is 20.8 Å². The van der Waals surface area contributed by atoms with Crippen LogP contribution in [0.5, 0.6) is 5.75 Å². The summed E-state index contributed by atoms with van der Waals surface area (Å²) in [6.45, 7) is 0.691. The molecule has 2 aromatic rings. The number of hydrogen-bond acceptors (Lipinski definition) is 4. The van der Waals surface area contributed by atoms with Crippen molar-refractivity contribution >= 4 is 44.6 Å². The summed E-state index contributed by atoms with van der Waals surface area (Å²) in [5.74, 6) is 0.818. The maximum Gasteiger partial charge on any atom is 0.183 e. The number of methoxy groups -OCH3 is 1. The maximum absolute atomic E-state index is 5.77. The summed E-state index contributed by atoms with van der Waals surface area (Å²) in [6, 6.07) is 5.78. The van der Waals surface area contributed by atoms with E-state index >= 15 is 0 Å². The van der Waals surface area contributed by atoms with Crippen molar-refractivity contribution in [1.29, 1.82) is 0 Å². The van der Waals surface area contributed by atoms with Crippen molar-refractivity contribution in [2.24, 2.45) is 0 Å². The standard InChI is InChI=1S/C11H10BrClN2OS/c1-16-7-2-3-9(12)10(4-7)14-5-8-6-15-11(13)17-8/h2-4,6,14H,5H2,1H3. The van der Waals surface area contributed by atoms with Crippen LogP contribution in [0.3, 0.4) is 0 Å². The molecule has 0 radical (unpaired) electrons. The van der Waals surface area contributed by atoms with Gasteiger partial charge in [-0.1, -0.05) is 11.6 Å². The predicted molar refractivity (Wildman–Crippen MR) is 75.1 cm³/mol. The van der Waals surface area contributed by atoms with Crippen LogP contribution < -0.4 is 10.1 Å². The number of nitrogens with zero attached hydrogens (tertiary/aromatic N) is 1. The number of anilines is 1. The number of hydrogen-bond donors (Lipinski definition) is 1. The highest BCUT2D eigenvalue weighted by molar-refractivity contribution is 9.10. The van der Waals surface area contributed by atoms with Gasteiger partial charge in [-0.05, 0) is 28.1 Å². The van der Waals surface area contributed by atoms with Gasteiger partial charge in [0.05, 0.1) is 19.3 Å². The normalized spacial score (nSPS) is 10.3. The first kappa shape index (κ1) is 12.7. The molecule has 90 valence electrons. The van der Waals surface area contributed by atoms with Crippen molar-refractivity contribution in [3.63, 3.8) is 0 Å². The summed E-state index contributed by atoms with van der Waals surface area (Å²) in [7, 11) is 1.65. The lowest BCUT2D eigenvalue weighted by Crippen LogP contribution is -1.98. The summed E-state index contributed by atoms with van der Waals surface area (Å²) < 4.78 is 6.73. The minimum Gasteiger partial charge on any atom is -0.497 e.